The predicted molar refractivity (Wildman–Crippen MR) is 98.9 cm³/mol. The Morgan fingerprint density at radius 3 is 2.65 bits per heavy atom. The van der Waals surface area contributed by atoms with Crippen LogP contribution in [0.1, 0.15) is 16.8 Å². The van der Waals surface area contributed by atoms with Crippen molar-refractivity contribution in [1.82, 2.24) is 4.57 Å². The molecule has 0 aliphatic heterocycles. The van der Waals surface area contributed by atoms with E-state index in [4.69, 9.17) is 0 Å². The van der Waals surface area contributed by atoms with Crippen LogP contribution in [0, 0.1) is 13.8 Å². The summed E-state index contributed by atoms with van der Waals surface area (Å²) in [5.74, 6) is 0.00572. The lowest BCUT2D eigenvalue weighted by molar-refractivity contribution is -0.115. The van der Waals surface area contributed by atoms with Crippen LogP contribution in [0.3, 0.4) is 0 Å². The van der Waals surface area contributed by atoms with Crippen molar-refractivity contribution in [2.24, 2.45) is 7.05 Å². The quantitative estimate of drug-likeness (QED) is 0.709. The highest BCUT2D eigenvalue weighted by atomic mass is 79.9. The minimum atomic E-state index is 0.00572. The van der Waals surface area contributed by atoms with Crippen LogP contribution in [0.5, 0.6) is 0 Å². The maximum absolute atomic E-state index is 12.5. The van der Waals surface area contributed by atoms with Gasteiger partial charge in [-0.05, 0) is 49.2 Å². The van der Waals surface area contributed by atoms with Gasteiger partial charge in [-0.2, -0.15) is 0 Å². The lowest BCUT2D eigenvalue weighted by Gasteiger charge is -2.08. The van der Waals surface area contributed by atoms with Crippen molar-refractivity contribution in [3.63, 3.8) is 0 Å². The Bertz CT molecular complexity index is 896. The minimum Gasteiger partial charge on any atom is -0.348 e. The molecule has 0 unspecified atom stereocenters. The fraction of sp³-hybridized carbons (Fsp3) is 0.211. The van der Waals surface area contributed by atoms with E-state index in [1.165, 1.54) is 0 Å². The smallest absolute Gasteiger partial charge is 0.228 e. The number of hydrogen-bond donors (Lipinski definition) is 1. The van der Waals surface area contributed by atoms with E-state index in [0.717, 1.165) is 37.9 Å². The van der Waals surface area contributed by atoms with Crippen LogP contribution in [0.15, 0.2) is 46.9 Å². The number of hydrogen-bond acceptors (Lipinski definition) is 1. The summed E-state index contributed by atoms with van der Waals surface area (Å²) in [6.07, 6.45) is 0.377. The number of aromatic nitrogens is 1. The lowest BCUT2D eigenvalue weighted by Crippen LogP contribution is -2.15. The van der Waals surface area contributed by atoms with E-state index in [0.29, 0.717) is 6.42 Å². The summed E-state index contributed by atoms with van der Waals surface area (Å²) < 4.78 is 3.18. The van der Waals surface area contributed by atoms with Crippen molar-refractivity contribution in [3.8, 4) is 0 Å². The van der Waals surface area contributed by atoms with Gasteiger partial charge in [-0.1, -0.05) is 34.1 Å². The van der Waals surface area contributed by atoms with Gasteiger partial charge < -0.3 is 9.88 Å². The van der Waals surface area contributed by atoms with Gasteiger partial charge in [-0.25, -0.2) is 0 Å². The number of anilines is 1. The molecule has 0 radical (unpaired) electrons. The molecule has 1 aromatic heterocycles. The molecule has 23 heavy (non-hydrogen) atoms. The molecule has 0 bridgehead atoms. The molecule has 3 aromatic rings. The maximum atomic E-state index is 12.5. The van der Waals surface area contributed by atoms with E-state index >= 15 is 0 Å². The van der Waals surface area contributed by atoms with Crippen molar-refractivity contribution in [2.45, 2.75) is 20.3 Å². The molecule has 0 aliphatic carbocycles. The second-order valence-electron chi connectivity index (χ2n) is 5.83. The summed E-state index contributed by atoms with van der Waals surface area (Å²) in [6.45, 7) is 4.07. The molecule has 0 saturated carbocycles. The SMILES string of the molecule is Cc1cc(NC(=O)Cc2c(C)n(C)c3ccccc23)ccc1Br. The zero-order chi connectivity index (χ0) is 16.6. The largest absolute Gasteiger partial charge is 0.348 e. The van der Waals surface area contributed by atoms with Gasteiger partial charge in [0.1, 0.15) is 0 Å². The summed E-state index contributed by atoms with van der Waals surface area (Å²) in [5.41, 5.74) is 5.31. The molecular weight excluding hydrogens is 352 g/mol. The number of rotatable bonds is 3. The number of benzene rings is 2. The third-order valence-electron chi connectivity index (χ3n) is 4.31. The molecule has 0 saturated heterocycles. The van der Waals surface area contributed by atoms with Crippen molar-refractivity contribution < 1.29 is 4.79 Å². The molecule has 3 rings (SSSR count). The van der Waals surface area contributed by atoms with Gasteiger partial charge >= 0.3 is 0 Å². The van der Waals surface area contributed by atoms with Crippen LogP contribution in [-0.4, -0.2) is 10.5 Å². The average molecular weight is 371 g/mol. The van der Waals surface area contributed by atoms with Crippen molar-refractivity contribution in [3.05, 3.63) is 63.8 Å². The van der Waals surface area contributed by atoms with Gasteiger partial charge in [0.2, 0.25) is 5.91 Å². The first-order chi connectivity index (χ1) is 11.0. The Kier molecular flexibility index (Phi) is 4.26. The highest BCUT2D eigenvalue weighted by molar-refractivity contribution is 9.10. The zero-order valence-corrected chi connectivity index (χ0v) is 15.1. The zero-order valence-electron chi connectivity index (χ0n) is 13.5. The number of halogens is 1. The third kappa shape index (κ3) is 3.04. The van der Waals surface area contributed by atoms with Crippen molar-refractivity contribution >= 4 is 38.4 Å². The standard InChI is InChI=1S/C19H19BrN2O/c1-12-10-14(8-9-17(12)20)21-19(23)11-16-13(2)22(3)18-7-5-4-6-15(16)18/h4-10H,11H2,1-3H3,(H,21,23). The number of carbonyl (C=O) groups excluding carboxylic acids is 1. The molecular formula is C19H19BrN2O. The first-order valence-corrected chi connectivity index (χ1v) is 8.35. The van der Waals surface area contributed by atoms with E-state index < -0.39 is 0 Å². The van der Waals surface area contributed by atoms with Gasteiger partial charge in [0.25, 0.3) is 0 Å². The van der Waals surface area contributed by atoms with Gasteiger partial charge in [0, 0.05) is 33.8 Å². The molecule has 118 valence electrons. The monoisotopic (exact) mass is 370 g/mol. The molecule has 1 N–H and O–H groups in total. The van der Waals surface area contributed by atoms with E-state index in [2.05, 4.69) is 44.9 Å². The third-order valence-corrected chi connectivity index (χ3v) is 5.20. The molecule has 0 fully saturated rings. The minimum absolute atomic E-state index is 0.00572. The number of fused-ring (bicyclic) bond motifs is 1. The topological polar surface area (TPSA) is 34.0 Å². The predicted octanol–water partition coefficient (Wildman–Crippen LogP) is 4.74. The highest BCUT2D eigenvalue weighted by Gasteiger charge is 2.14. The molecule has 1 heterocycles. The van der Waals surface area contributed by atoms with Crippen LogP contribution in [0.25, 0.3) is 10.9 Å². The summed E-state index contributed by atoms with van der Waals surface area (Å²) in [7, 11) is 2.04. The lowest BCUT2D eigenvalue weighted by atomic mass is 10.1. The molecule has 1 amide bonds. The Morgan fingerprint density at radius 2 is 1.91 bits per heavy atom. The van der Waals surface area contributed by atoms with Gasteiger partial charge in [0.15, 0.2) is 0 Å². The van der Waals surface area contributed by atoms with Crippen molar-refractivity contribution in [2.75, 3.05) is 5.32 Å². The fourth-order valence-corrected chi connectivity index (χ4v) is 3.16. The van der Waals surface area contributed by atoms with E-state index in [1.54, 1.807) is 0 Å². The molecule has 0 spiro atoms. The number of amides is 1. The van der Waals surface area contributed by atoms with Crippen LogP contribution < -0.4 is 5.32 Å². The molecule has 0 atom stereocenters. The molecule has 0 aliphatic rings. The van der Waals surface area contributed by atoms with Crippen molar-refractivity contribution in [1.29, 1.82) is 0 Å². The number of aryl methyl sites for hydroxylation is 2. The van der Waals surface area contributed by atoms with Gasteiger partial charge in [-0.15, -0.1) is 0 Å². The number of para-hydroxylation sites is 1. The highest BCUT2D eigenvalue weighted by Crippen LogP contribution is 2.26. The number of nitrogens with zero attached hydrogens (tertiary/aromatic N) is 1. The molecule has 4 heteroatoms. The average Bonchev–Trinajstić information content (AvgIpc) is 2.76. The Balaban J connectivity index is 1.86. The molecule has 2 aromatic carbocycles. The maximum Gasteiger partial charge on any atom is 0.228 e. The molecule has 3 nitrogen and oxygen atoms in total. The van der Waals surface area contributed by atoms with E-state index in [-0.39, 0.29) is 5.91 Å². The number of carbonyl (C=O) groups is 1. The summed E-state index contributed by atoms with van der Waals surface area (Å²) in [6, 6.07) is 14.0. The summed E-state index contributed by atoms with van der Waals surface area (Å²) in [5, 5.41) is 4.14. The Labute approximate surface area is 144 Å². The first kappa shape index (κ1) is 15.8. The van der Waals surface area contributed by atoms with Crippen LogP contribution in [0.2, 0.25) is 0 Å². The van der Waals surface area contributed by atoms with Crippen LogP contribution >= 0.6 is 15.9 Å². The van der Waals surface area contributed by atoms with Crippen LogP contribution in [0.4, 0.5) is 5.69 Å². The van der Waals surface area contributed by atoms with Gasteiger partial charge in [0.05, 0.1) is 6.42 Å². The Hall–Kier alpha value is -2.07. The first-order valence-electron chi connectivity index (χ1n) is 7.56. The fourth-order valence-electron chi connectivity index (χ4n) is 2.91. The Morgan fingerprint density at radius 1 is 1.17 bits per heavy atom. The second kappa shape index (κ2) is 6.20. The van der Waals surface area contributed by atoms with E-state index in [1.807, 2.05) is 44.3 Å². The van der Waals surface area contributed by atoms with Crippen LogP contribution in [-0.2, 0) is 18.3 Å². The summed E-state index contributed by atoms with van der Waals surface area (Å²) >= 11 is 3.47. The number of nitrogens with one attached hydrogen (secondary N) is 1. The van der Waals surface area contributed by atoms with Gasteiger partial charge in [-0.3, -0.25) is 4.79 Å². The normalized spacial score (nSPS) is 11.0. The second-order valence-corrected chi connectivity index (χ2v) is 6.68. The summed E-state index contributed by atoms with van der Waals surface area (Å²) in [4.78, 5) is 12.5. The van der Waals surface area contributed by atoms with E-state index in [9.17, 15) is 4.79 Å².